The normalized spacial score (nSPS) is 31.2. The second kappa shape index (κ2) is 4.69. The molecule has 0 bridgehead atoms. The summed E-state index contributed by atoms with van der Waals surface area (Å²) >= 11 is 0. The van der Waals surface area contributed by atoms with Crippen molar-refractivity contribution in [2.24, 2.45) is 5.92 Å². The van der Waals surface area contributed by atoms with Gasteiger partial charge in [0, 0.05) is 25.2 Å². The first kappa shape index (κ1) is 11.7. The number of piperidine rings is 1. The van der Waals surface area contributed by atoms with Crippen molar-refractivity contribution in [2.45, 2.75) is 32.0 Å². The van der Waals surface area contributed by atoms with E-state index in [4.69, 9.17) is 4.74 Å². The summed E-state index contributed by atoms with van der Waals surface area (Å²) in [5.41, 5.74) is 0.544. The van der Waals surface area contributed by atoms with Crippen LogP contribution in [-0.2, 0) is 4.74 Å². The highest BCUT2D eigenvalue weighted by atomic mass is 16.5. The molecule has 0 saturated carbocycles. The van der Waals surface area contributed by atoms with Gasteiger partial charge in [-0.15, -0.1) is 0 Å². The summed E-state index contributed by atoms with van der Waals surface area (Å²) in [7, 11) is 0. The van der Waals surface area contributed by atoms with Crippen LogP contribution in [0.25, 0.3) is 0 Å². The Kier molecular flexibility index (Phi) is 3.04. The zero-order valence-corrected chi connectivity index (χ0v) is 10.6. The van der Waals surface area contributed by atoms with E-state index in [1.54, 1.807) is 12.3 Å². The van der Waals surface area contributed by atoms with E-state index < -0.39 is 0 Å². The number of rotatable bonds is 1. The Balaban J connectivity index is 1.70. The number of amides is 1. The predicted molar refractivity (Wildman–Crippen MR) is 67.2 cm³/mol. The fraction of sp³-hybridized carbons (Fsp3) is 0.571. The lowest BCUT2D eigenvalue weighted by atomic mass is 9.93. The van der Waals surface area contributed by atoms with Gasteiger partial charge in [0.15, 0.2) is 0 Å². The lowest BCUT2D eigenvalue weighted by molar-refractivity contribution is 0.00850. The highest BCUT2D eigenvalue weighted by molar-refractivity contribution is 5.92. The predicted octanol–water partition coefficient (Wildman–Crippen LogP) is 1.72. The molecule has 3 rings (SSSR count). The largest absolute Gasteiger partial charge is 0.375 e. The molecule has 0 radical (unpaired) electrons. The summed E-state index contributed by atoms with van der Waals surface area (Å²) in [5.74, 6) is 0.551. The molecule has 96 valence electrons. The number of pyridine rings is 1. The van der Waals surface area contributed by atoms with Gasteiger partial charge in [0.2, 0.25) is 0 Å². The topological polar surface area (TPSA) is 42.4 Å². The van der Waals surface area contributed by atoms with Crippen LogP contribution >= 0.6 is 0 Å². The number of carbonyl (C=O) groups excluding carboxylic acids is 1. The molecule has 1 aromatic rings. The standard InChI is InChI=1S/C14H18N2O2/c1-10-8-11-9-16(7-5-13(11)18-10)14(17)12-4-2-3-6-15-12/h2-4,6,10-11,13H,5,7-9H2,1H3/t10-,11-,13+/m1/s1. The van der Waals surface area contributed by atoms with E-state index in [-0.39, 0.29) is 5.91 Å². The number of likely N-dealkylation sites (tertiary alicyclic amines) is 1. The number of carbonyl (C=O) groups is 1. The van der Waals surface area contributed by atoms with E-state index >= 15 is 0 Å². The van der Waals surface area contributed by atoms with Crippen molar-refractivity contribution in [3.8, 4) is 0 Å². The van der Waals surface area contributed by atoms with Gasteiger partial charge in [-0.05, 0) is 31.9 Å². The first-order valence-electron chi connectivity index (χ1n) is 6.60. The van der Waals surface area contributed by atoms with Gasteiger partial charge in [0.1, 0.15) is 5.69 Å². The summed E-state index contributed by atoms with van der Waals surface area (Å²) in [6.07, 6.45) is 4.38. The van der Waals surface area contributed by atoms with Crippen LogP contribution in [0.1, 0.15) is 30.3 Å². The van der Waals surface area contributed by atoms with Gasteiger partial charge in [-0.1, -0.05) is 6.07 Å². The Bertz CT molecular complexity index is 435. The molecule has 3 atom stereocenters. The molecule has 0 spiro atoms. The number of aromatic nitrogens is 1. The molecule has 1 aromatic heterocycles. The van der Waals surface area contributed by atoms with Crippen LogP contribution in [0, 0.1) is 5.92 Å². The highest BCUT2D eigenvalue weighted by Gasteiger charge is 2.38. The van der Waals surface area contributed by atoms with Crippen LogP contribution in [-0.4, -0.2) is 41.1 Å². The van der Waals surface area contributed by atoms with Crippen LogP contribution in [0.3, 0.4) is 0 Å². The fourth-order valence-electron chi connectivity index (χ4n) is 3.03. The molecule has 4 heteroatoms. The minimum Gasteiger partial charge on any atom is -0.375 e. The van der Waals surface area contributed by atoms with Gasteiger partial charge in [-0.2, -0.15) is 0 Å². The highest BCUT2D eigenvalue weighted by Crippen LogP contribution is 2.32. The zero-order chi connectivity index (χ0) is 12.5. The Morgan fingerprint density at radius 3 is 3.17 bits per heavy atom. The van der Waals surface area contributed by atoms with Gasteiger partial charge in [0.25, 0.3) is 5.91 Å². The average Bonchev–Trinajstić information content (AvgIpc) is 2.78. The lowest BCUT2D eigenvalue weighted by Crippen LogP contribution is -2.44. The van der Waals surface area contributed by atoms with Crippen LogP contribution in [0.5, 0.6) is 0 Å². The van der Waals surface area contributed by atoms with Crippen molar-refractivity contribution >= 4 is 5.91 Å². The van der Waals surface area contributed by atoms with Crippen molar-refractivity contribution < 1.29 is 9.53 Å². The Morgan fingerprint density at radius 2 is 2.39 bits per heavy atom. The van der Waals surface area contributed by atoms with E-state index in [1.165, 1.54) is 0 Å². The van der Waals surface area contributed by atoms with Crippen molar-refractivity contribution in [2.75, 3.05) is 13.1 Å². The summed E-state index contributed by atoms with van der Waals surface area (Å²) < 4.78 is 5.85. The van der Waals surface area contributed by atoms with Crippen LogP contribution in [0.15, 0.2) is 24.4 Å². The quantitative estimate of drug-likeness (QED) is 0.757. The van der Waals surface area contributed by atoms with Crippen molar-refractivity contribution in [3.63, 3.8) is 0 Å². The third kappa shape index (κ3) is 2.12. The SMILES string of the molecule is C[C@@H]1C[C@@H]2CN(C(=O)c3ccccn3)CC[C@@H]2O1. The van der Waals surface area contributed by atoms with E-state index in [9.17, 15) is 4.79 Å². The number of fused-ring (bicyclic) bond motifs is 1. The van der Waals surface area contributed by atoms with Crippen LogP contribution in [0.4, 0.5) is 0 Å². The monoisotopic (exact) mass is 246 g/mol. The first-order chi connectivity index (χ1) is 8.74. The van der Waals surface area contributed by atoms with Crippen molar-refractivity contribution in [3.05, 3.63) is 30.1 Å². The molecule has 0 N–H and O–H groups in total. The molecule has 3 heterocycles. The molecule has 4 nitrogen and oxygen atoms in total. The van der Waals surface area contributed by atoms with E-state index in [0.717, 1.165) is 25.9 Å². The Labute approximate surface area is 107 Å². The van der Waals surface area contributed by atoms with Gasteiger partial charge >= 0.3 is 0 Å². The number of ether oxygens (including phenoxy) is 1. The molecule has 2 aliphatic heterocycles. The molecule has 2 aliphatic rings. The van der Waals surface area contributed by atoms with Gasteiger partial charge in [0.05, 0.1) is 12.2 Å². The first-order valence-corrected chi connectivity index (χ1v) is 6.60. The maximum absolute atomic E-state index is 12.3. The van der Waals surface area contributed by atoms with E-state index in [1.807, 2.05) is 17.0 Å². The van der Waals surface area contributed by atoms with Crippen LogP contribution < -0.4 is 0 Å². The zero-order valence-electron chi connectivity index (χ0n) is 10.6. The molecular weight excluding hydrogens is 228 g/mol. The lowest BCUT2D eigenvalue weighted by Gasteiger charge is -2.33. The third-order valence-electron chi connectivity index (χ3n) is 3.88. The van der Waals surface area contributed by atoms with Gasteiger partial charge in [-0.25, -0.2) is 0 Å². The third-order valence-corrected chi connectivity index (χ3v) is 3.88. The minimum absolute atomic E-state index is 0.0496. The Morgan fingerprint density at radius 1 is 1.50 bits per heavy atom. The maximum atomic E-state index is 12.3. The number of hydrogen-bond acceptors (Lipinski definition) is 3. The molecule has 0 aromatic carbocycles. The smallest absolute Gasteiger partial charge is 0.272 e. The average molecular weight is 246 g/mol. The summed E-state index contributed by atoms with van der Waals surface area (Å²) in [4.78, 5) is 18.3. The molecule has 2 saturated heterocycles. The second-order valence-corrected chi connectivity index (χ2v) is 5.24. The Hall–Kier alpha value is -1.42. The van der Waals surface area contributed by atoms with Crippen molar-refractivity contribution in [1.82, 2.24) is 9.88 Å². The summed E-state index contributed by atoms with van der Waals surface area (Å²) in [6.45, 7) is 3.71. The van der Waals surface area contributed by atoms with Gasteiger partial charge in [-0.3, -0.25) is 9.78 Å². The number of hydrogen-bond donors (Lipinski definition) is 0. The molecule has 0 unspecified atom stereocenters. The molecular formula is C14H18N2O2. The molecule has 2 fully saturated rings. The molecule has 0 aliphatic carbocycles. The summed E-state index contributed by atoms with van der Waals surface area (Å²) in [5, 5.41) is 0. The van der Waals surface area contributed by atoms with E-state index in [0.29, 0.717) is 23.8 Å². The maximum Gasteiger partial charge on any atom is 0.272 e. The number of nitrogens with zero attached hydrogens (tertiary/aromatic N) is 2. The second-order valence-electron chi connectivity index (χ2n) is 5.24. The van der Waals surface area contributed by atoms with E-state index in [2.05, 4.69) is 11.9 Å². The summed E-state index contributed by atoms with van der Waals surface area (Å²) in [6, 6.07) is 5.46. The van der Waals surface area contributed by atoms with Crippen LogP contribution in [0.2, 0.25) is 0 Å². The molecule has 18 heavy (non-hydrogen) atoms. The minimum atomic E-state index is 0.0496. The fourth-order valence-corrected chi connectivity index (χ4v) is 3.03. The molecule has 1 amide bonds. The van der Waals surface area contributed by atoms with Gasteiger partial charge < -0.3 is 9.64 Å². The van der Waals surface area contributed by atoms with Crippen molar-refractivity contribution in [1.29, 1.82) is 0 Å².